The Hall–Kier alpha value is -4.07. The maximum atomic E-state index is 13.3. The minimum atomic E-state index is -0.643. The van der Waals surface area contributed by atoms with Gasteiger partial charge in [-0.1, -0.05) is 6.07 Å². The average molecular weight is 606 g/mol. The van der Waals surface area contributed by atoms with Crippen LogP contribution in [0.5, 0.6) is 5.75 Å². The molecule has 3 aliphatic heterocycles. The van der Waals surface area contributed by atoms with Crippen LogP contribution in [0.2, 0.25) is 0 Å². The Kier molecular flexibility index (Phi) is 9.34. The smallest absolute Gasteiger partial charge is 0.228 e. The van der Waals surface area contributed by atoms with Crippen LogP contribution in [0.4, 0.5) is 11.8 Å². The standard InChI is InChI=1S/C31H39N7O6/c1-21(39)37-8-10-38(11-9-37)31-34-28(13-30(35-31)33-24-17-42-18-24)29(41)5-3-25(40)16-36-7-6-22-12-26(4-2-23(22)15-36)43-19-27-14-32-20-44-27/h2,4,12-14,20,24-25,40H,3,5-11,15-19H2,1H3,(H,33,34,35)/t25-/m0/s1. The number of rotatable bonds is 12. The number of carbonyl (C=O) groups excluding carboxylic acids is 2. The van der Waals surface area contributed by atoms with Gasteiger partial charge in [0, 0.05) is 65.2 Å². The van der Waals surface area contributed by atoms with E-state index in [1.165, 1.54) is 17.5 Å². The van der Waals surface area contributed by atoms with E-state index >= 15 is 0 Å². The second-order valence-electron chi connectivity index (χ2n) is 11.6. The summed E-state index contributed by atoms with van der Waals surface area (Å²) in [7, 11) is 0. The number of amides is 1. The van der Waals surface area contributed by atoms with Crippen LogP contribution in [-0.4, -0.2) is 106 Å². The third kappa shape index (κ3) is 7.52. The first kappa shape index (κ1) is 30.0. The second-order valence-corrected chi connectivity index (χ2v) is 11.6. The molecule has 2 aromatic heterocycles. The topological polar surface area (TPSA) is 146 Å². The maximum Gasteiger partial charge on any atom is 0.228 e. The molecular formula is C31H39N7O6. The van der Waals surface area contributed by atoms with E-state index in [4.69, 9.17) is 13.9 Å². The Morgan fingerprint density at radius 3 is 2.68 bits per heavy atom. The molecule has 234 valence electrons. The summed E-state index contributed by atoms with van der Waals surface area (Å²) < 4.78 is 16.3. The van der Waals surface area contributed by atoms with Gasteiger partial charge >= 0.3 is 0 Å². The van der Waals surface area contributed by atoms with Gasteiger partial charge in [-0.25, -0.2) is 9.97 Å². The highest BCUT2D eigenvalue weighted by Gasteiger charge is 2.25. The summed E-state index contributed by atoms with van der Waals surface area (Å²) >= 11 is 0. The monoisotopic (exact) mass is 605 g/mol. The molecule has 2 N–H and O–H groups in total. The fraction of sp³-hybridized carbons (Fsp3) is 0.516. The van der Waals surface area contributed by atoms with Crippen molar-refractivity contribution in [3.63, 3.8) is 0 Å². The van der Waals surface area contributed by atoms with Crippen LogP contribution >= 0.6 is 0 Å². The van der Waals surface area contributed by atoms with Crippen molar-refractivity contribution in [2.24, 2.45) is 0 Å². The van der Waals surface area contributed by atoms with E-state index in [-0.39, 0.29) is 24.2 Å². The van der Waals surface area contributed by atoms with Gasteiger partial charge in [0.05, 0.1) is 31.6 Å². The number of anilines is 2. The second kappa shape index (κ2) is 13.7. The molecular weight excluding hydrogens is 566 g/mol. The number of piperazine rings is 1. The quantitative estimate of drug-likeness (QED) is 0.291. The van der Waals surface area contributed by atoms with Crippen molar-refractivity contribution in [3.8, 4) is 5.75 Å². The molecule has 0 unspecified atom stereocenters. The molecule has 3 aliphatic rings. The SMILES string of the molecule is CC(=O)N1CCN(c2nc(NC3COC3)cc(C(=O)CC[C@H](O)CN3CCc4cc(OCc5cnco5)ccc4C3)n2)CC1. The number of oxazole rings is 1. The number of ketones is 1. The lowest BCUT2D eigenvalue weighted by atomic mass is 9.98. The van der Waals surface area contributed by atoms with Gasteiger partial charge in [-0.2, -0.15) is 4.98 Å². The number of benzene rings is 1. The summed E-state index contributed by atoms with van der Waals surface area (Å²) in [6.07, 6.45) is 3.76. The molecule has 0 radical (unpaired) electrons. The molecule has 1 atom stereocenters. The molecule has 2 saturated heterocycles. The first-order valence-electron chi connectivity index (χ1n) is 15.2. The van der Waals surface area contributed by atoms with Crippen LogP contribution in [0.25, 0.3) is 0 Å². The van der Waals surface area contributed by atoms with Gasteiger partial charge < -0.3 is 34.1 Å². The Balaban J connectivity index is 1.02. The molecule has 0 aliphatic carbocycles. The number of nitrogens with one attached hydrogen (secondary N) is 1. The molecule has 1 aromatic carbocycles. The first-order valence-corrected chi connectivity index (χ1v) is 15.2. The Bertz CT molecular complexity index is 1440. The number of hydrogen-bond donors (Lipinski definition) is 2. The van der Waals surface area contributed by atoms with Crippen LogP contribution in [0.1, 0.15) is 47.1 Å². The number of aliphatic hydroxyl groups is 1. The lowest BCUT2D eigenvalue weighted by Crippen LogP contribution is -2.48. The van der Waals surface area contributed by atoms with Gasteiger partial charge in [-0.05, 0) is 36.1 Å². The summed E-state index contributed by atoms with van der Waals surface area (Å²) in [5.74, 6) is 2.43. The molecule has 13 heteroatoms. The van der Waals surface area contributed by atoms with Crippen molar-refractivity contribution >= 4 is 23.5 Å². The van der Waals surface area contributed by atoms with Crippen LogP contribution in [0, 0.1) is 0 Å². The van der Waals surface area contributed by atoms with Crippen molar-refractivity contribution in [2.45, 2.75) is 51.5 Å². The molecule has 1 amide bonds. The molecule has 5 heterocycles. The minimum Gasteiger partial charge on any atom is -0.486 e. The van der Waals surface area contributed by atoms with E-state index < -0.39 is 6.10 Å². The van der Waals surface area contributed by atoms with E-state index in [1.807, 2.05) is 11.0 Å². The fourth-order valence-corrected chi connectivity index (χ4v) is 5.66. The van der Waals surface area contributed by atoms with Gasteiger partial charge in [0.15, 0.2) is 17.9 Å². The predicted molar refractivity (Wildman–Crippen MR) is 161 cm³/mol. The Morgan fingerprint density at radius 2 is 1.95 bits per heavy atom. The highest BCUT2D eigenvalue weighted by atomic mass is 16.5. The van der Waals surface area contributed by atoms with Crippen molar-refractivity contribution < 1.29 is 28.6 Å². The van der Waals surface area contributed by atoms with E-state index in [2.05, 4.69) is 37.3 Å². The van der Waals surface area contributed by atoms with Gasteiger partial charge in [0.1, 0.15) is 23.9 Å². The third-order valence-corrected chi connectivity index (χ3v) is 8.31. The number of aliphatic hydroxyl groups excluding tert-OH is 1. The number of fused-ring (bicyclic) bond motifs is 1. The fourth-order valence-electron chi connectivity index (χ4n) is 5.66. The van der Waals surface area contributed by atoms with E-state index in [1.54, 1.807) is 24.1 Å². The van der Waals surface area contributed by atoms with Gasteiger partial charge in [-0.3, -0.25) is 14.5 Å². The number of hydrogen-bond acceptors (Lipinski definition) is 12. The zero-order valence-corrected chi connectivity index (χ0v) is 25.0. The van der Waals surface area contributed by atoms with Crippen LogP contribution in [-0.2, 0) is 29.1 Å². The van der Waals surface area contributed by atoms with Crippen molar-refractivity contribution in [3.05, 3.63) is 59.4 Å². The zero-order valence-electron chi connectivity index (χ0n) is 25.0. The molecule has 44 heavy (non-hydrogen) atoms. The summed E-state index contributed by atoms with van der Waals surface area (Å²) in [4.78, 5) is 44.3. The van der Waals surface area contributed by atoms with Crippen LogP contribution < -0.4 is 15.0 Å². The maximum absolute atomic E-state index is 13.3. The number of carbonyl (C=O) groups is 2. The van der Waals surface area contributed by atoms with Crippen LogP contribution in [0.15, 0.2) is 41.3 Å². The predicted octanol–water partition coefficient (Wildman–Crippen LogP) is 1.90. The molecule has 0 saturated carbocycles. The van der Waals surface area contributed by atoms with Gasteiger partial charge in [0.2, 0.25) is 11.9 Å². The largest absolute Gasteiger partial charge is 0.486 e. The Morgan fingerprint density at radius 1 is 1.11 bits per heavy atom. The summed E-state index contributed by atoms with van der Waals surface area (Å²) in [6, 6.07) is 7.92. The first-order chi connectivity index (χ1) is 21.4. The lowest BCUT2D eigenvalue weighted by Gasteiger charge is -2.34. The summed E-state index contributed by atoms with van der Waals surface area (Å²) in [6.45, 7) is 7.47. The average Bonchev–Trinajstić information content (AvgIpc) is 3.54. The Labute approximate surface area is 256 Å². The van der Waals surface area contributed by atoms with Gasteiger partial charge in [-0.15, -0.1) is 0 Å². The summed E-state index contributed by atoms with van der Waals surface area (Å²) in [5.41, 5.74) is 2.77. The number of aromatic nitrogens is 3. The highest BCUT2D eigenvalue weighted by Crippen LogP contribution is 2.25. The van der Waals surface area contributed by atoms with Crippen molar-refractivity contribution in [1.29, 1.82) is 0 Å². The zero-order chi connectivity index (χ0) is 30.5. The molecule has 6 rings (SSSR count). The van der Waals surface area contributed by atoms with Gasteiger partial charge in [0.25, 0.3) is 0 Å². The highest BCUT2D eigenvalue weighted by molar-refractivity contribution is 5.95. The van der Waals surface area contributed by atoms with E-state index in [0.29, 0.717) is 82.2 Å². The molecule has 3 aromatic rings. The summed E-state index contributed by atoms with van der Waals surface area (Å²) in [5, 5.41) is 14.2. The number of nitrogens with zero attached hydrogens (tertiary/aromatic N) is 6. The van der Waals surface area contributed by atoms with Crippen molar-refractivity contribution in [2.75, 3.05) is 62.7 Å². The molecule has 2 fully saturated rings. The number of Topliss-reactive ketones (excluding diaryl/α,β-unsaturated/α-hetero) is 1. The molecule has 0 bridgehead atoms. The van der Waals surface area contributed by atoms with Crippen molar-refractivity contribution in [1.82, 2.24) is 24.8 Å². The normalized spacial score (nSPS) is 18.0. The minimum absolute atomic E-state index is 0.0491. The molecule has 13 nitrogen and oxygen atoms in total. The lowest BCUT2D eigenvalue weighted by molar-refractivity contribution is -0.129. The number of β-amino-alcohol motifs (C(OH)–C–C–N with tert-alkyl or cyclic N) is 1. The number of ether oxygens (including phenoxy) is 2. The van der Waals surface area contributed by atoms with E-state index in [9.17, 15) is 14.7 Å². The van der Waals surface area contributed by atoms with E-state index in [0.717, 1.165) is 25.3 Å². The molecule has 0 spiro atoms. The third-order valence-electron chi connectivity index (χ3n) is 8.31. The van der Waals surface area contributed by atoms with Crippen LogP contribution in [0.3, 0.4) is 0 Å².